The fourth-order valence-electron chi connectivity index (χ4n) is 2.34. The second kappa shape index (κ2) is 6.89. The van der Waals surface area contributed by atoms with Crippen LogP contribution in [0.3, 0.4) is 0 Å². The van der Waals surface area contributed by atoms with Gasteiger partial charge in [0.15, 0.2) is 11.7 Å². The van der Waals surface area contributed by atoms with Crippen molar-refractivity contribution in [3.63, 3.8) is 0 Å². The number of allylic oxidation sites excluding steroid dienone is 1. The number of furan rings is 1. The summed E-state index contributed by atoms with van der Waals surface area (Å²) in [6, 6.07) is 5.33. The van der Waals surface area contributed by atoms with Gasteiger partial charge in [-0.25, -0.2) is 0 Å². The molecule has 1 atom stereocenters. The minimum absolute atomic E-state index is 0.387. The summed E-state index contributed by atoms with van der Waals surface area (Å²) in [6.45, 7) is 3.06. The van der Waals surface area contributed by atoms with Gasteiger partial charge in [-0.1, -0.05) is 0 Å². The molecule has 1 aromatic rings. The van der Waals surface area contributed by atoms with Crippen molar-refractivity contribution in [3.8, 4) is 6.07 Å². The first kappa shape index (κ1) is 15.0. The Bertz CT molecular complexity index is 589. The summed E-state index contributed by atoms with van der Waals surface area (Å²) >= 11 is 0. The maximum atomic E-state index is 12.2. The van der Waals surface area contributed by atoms with Crippen molar-refractivity contribution >= 4 is 17.8 Å². The predicted octanol–water partition coefficient (Wildman–Crippen LogP) is 2.32. The van der Waals surface area contributed by atoms with E-state index < -0.39 is 11.7 Å². The number of carbonyl (C=O) groups excluding carboxylic acids is 2. The second-order valence-corrected chi connectivity index (χ2v) is 5.13. The van der Waals surface area contributed by atoms with Crippen LogP contribution in [0, 0.1) is 24.2 Å². The van der Waals surface area contributed by atoms with Crippen molar-refractivity contribution in [3.05, 3.63) is 29.7 Å². The Kier molecular flexibility index (Phi) is 4.94. The summed E-state index contributed by atoms with van der Waals surface area (Å²) in [6.07, 6.45) is 5.68. The Hall–Kier alpha value is -2.35. The zero-order valence-corrected chi connectivity index (χ0v) is 12.0. The first-order valence-electron chi connectivity index (χ1n) is 7.08. The minimum Gasteiger partial charge on any atom is -0.462 e. The van der Waals surface area contributed by atoms with Crippen LogP contribution in [-0.2, 0) is 9.59 Å². The van der Waals surface area contributed by atoms with Crippen molar-refractivity contribution < 1.29 is 14.0 Å². The minimum atomic E-state index is -1.25. The van der Waals surface area contributed by atoms with E-state index >= 15 is 0 Å². The second-order valence-electron chi connectivity index (χ2n) is 5.13. The van der Waals surface area contributed by atoms with Crippen molar-refractivity contribution in [2.45, 2.75) is 26.2 Å². The summed E-state index contributed by atoms with van der Waals surface area (Å²) in [4.78, 5) is 25.9. The number of hydrogen-bond donors (Lipinski definition) is 0. The van der Waals surface area contributed by atoms with E-state index in [-0.39, 0.29) is 5.91 Å². The largest absolute Gasteiger partial charge is 0.462 e. The van der Waals surface area contributed by atoms with Crippen LogP contribution in [0.2, 0.25) is 0 Å². The molecule has 110 valence electrons. The first-order chi connectivity index (χ1) is 10.1. The molecule has 0 N–H and O–H groups in total. The highest BCUT2D eigenvalue weighted by Gasteiger charge is 2.29. The highest BCUT2D eigenvalue weighted by Crippen LogP contribution is 2.14. The lowest BCUT2D eigenvalue weighted by atomic mass is 10.0. The van der Waals surface area contributed by atoms with Gasteiger partial charge in [0.25, 0.3) is 0 Å². The number of piperidine rings is 1. The maximum absolute atomic E-state index is 12.2. The van der Waals surface area contributed by atoms with Gasteiger partial charge in [0.2, 0.25) is 5.91 Å². The highest BCUT2D eigenvalue weighted by molar-refractivity contribution is 6.10. The molecule has 0 radical (unpaired) electrons. The molecule has 2 rings (SSSR count). The fourth-order valence-corrected chi connectivity index (χ4v) is 2.34. The van der Waals surface area contributed by atoms with Crippen molar-refractivity contribution in [2.24, 2.45) is 5.92 Å². The molecule has 1 aliphatic heterocycles. The number of carbonyl (C=O) groups is 2. The van der Waals surface area contributed by atoms with Crippen LogP contribution in [0.1, 0.15) is 30.8 Å². The van der Waals surface area contributed by atoms with Crippen LogP contribution in [0.15, 0.2) is 22.6 Å². The van der Waals surface area contributed by atoms with E-state index in [9.17, 15) is 9.59 Å². The van der Waals surface area contributed by atoms with Crippen molar-refractivity contribution in [1.29, 1.82) is 5.26 Å². The number of ketones is 1. The normalized spacial score (nSPS) is 16.7. The summed E-state index contributed by atoms with van der Waals surface area (Å²) in [5.41, 5.74) is 0. The van der Waals surface area contributed by atoms with E-state index in [1.807, 2.05) is 6.07 Å². The van der Waals surface area contributed by atoms with Gasteiger partial charge in [-0.15, -0.1) is 0 Å². The van der Waals surface area contributed by atoms with E-state index in [0.717, 1.165) is 25.0 Å². The van der Waals surface area contributed by atoms with Gasteiger partial charge in [0.1, 0.15) is 11.5 Å². The predicted molar refractivity (Wildman–Crippen MR) is 77.0 cm³/mol. The zero-order chi connectivity index (χ0) is 15.2. The number of aryl methyl sites for hydroxylation is 1. The molecule has 1 saturated heterocycles. The Morgan fingerprint density at radius 1 is 1.33 bits per heavy atom. The fraction of sp³-hybridized carbons (Fsp3) is 0.438. The first-order valence-corrected chi connectivity index (χ1v) is 7.08. The summed E-state index contributed by atoms with van der Waals surface area (Å²) in [5, 5.41) is 9.12. The lowest BCUT2D eigenvalue weighted by Gasteiger charge is -2.27. The number of likely N-dealkylation sites (tertiary alicyclic amines) is 1. The Morgan fingerprint density at radius 3 is 2.62 bits per heavy atom. The third-order valence-corrected chi connectivity index (χ3v) is 3.50. The number of nitrogens with zero attached hydrogens (tertiary/aromatic N) is 2. The number of nitriles is 1. The highest BCUT2D eigenvalue weighted by atomic mass is 16.3. The lowest BCUT2D eigenvalue weighted by Crippen LogP contribution is -2.41. The summed E-state index contributed by atoms with van der Waals surface area (Å²) in [7, 11) is 0. The molecule has 1 fully saturated rings. The molecule has 0 spiro atoms. The van der Waals surface area contributed by atoms with Gasteiger partial charge in [-0.05, 0) is 50.5 Å². The molecule has 5 nitrogen and oxygen atoms in total. The molecular weight excluding hydrogens is 268 g/mol. The van der Waals surface area contributed by atoms with Crippen LogP contribution < -0.4 is 0 Å². The van der Waals surface area contributed by atoms with E-state index in [4.69, 9.17) is 9.68 Å². The molecule has 0 saturated carbocycles. The van der Waals surface area contributed by atoms with Crippen LogP contribution in [0.5, 0.6) is 0 Å². The third-order valence-electron chi connectivity index (χ3n) is 3.50. The molecule has 0 bridgehead atoms. The molecule has 1 aliphatic rings. The Morgan fingerprint density at radius 2 is 2.05 bits per heavy atom. The van der Waals surface area contributed by atoms with Crippen LogP contribution in [0.4, 0.5) is 0 Å². The average Bonchev–Trinajstić information content (AvgIpc) is 2.92. The monoisotopic (exact) mass is 286 g/mol. The van der Waals surface area contributed by atoms with Crippen LogP contribution >= 0.6 is 0 Å². The average molecular weight is 286 g/mol. The zero-order valence-electron chi connectivity index (χ0n) is 12.0. The smallest absolute Gasteiger partial charge is 0.247 e. The molecule has 21 heavy (non-hydrogen) atoms. The van der Waals surface area contributed by atoms with Gasteiger partial charge < -0.3 is 9.32 Å². The molecule has 2 heterocycles. The van der Waals surface area contributed by atoms with Gasteiger partial charge in [-0.3, -0.25) is 9.59 Å². The maximum Gasteiger partial charge on any atom is 0.247 e. The van der Waals surface area contributed by atoms with Crippen LogP contribution in [0.25, 0.3) is 6.08 Å². The van der Waals surface area contributed by atoms with E-state index in [0.29, 0.717) is 18.8 Å². The number of hydrogen-bond acceptors (Lipinski definition) is 4. The topological polar surface area (TPSA) is 74.3 Å². The SMILES string of the molecule is Cc1ccc(/C=C\C(=O)[C@H](C#N)C(=O)N2CCCCC2)o1. The lowest BCUT2D eigenvalue weighted by molar-refractivity contribution is -0.138. The molecule has 5 heteroatoms. The Labute approximate surface area is 123 Å². The molecule has 0 unspecified atom stereocenters. The third kappa shape index (κ3) is 3.82. The van der Waals surface area contributed by atoms with Gasteiger partial charge in [-0.2, -0.15) is 5.26 Å². The summed E-state index contributed by atoms with van der Waals surface area (Å²) in [5.74, 6) is -0.869. The van der Waals surface area contributed by atoms with Crippen LogP contribution in [-0.4, -0.2) is 29.7 Å². The number of rotatable bonds is 4. The van der Waals surface area contributed by atoms with Crippen molar-refractivity contribution in [1.82, 2.24) is 4.90 Å². The molecule has 0 aliphatic carbocycles. The molecule has 1 amide bonds. The quantitative estimate of drug-likeness (QED) is 0.629. The van der Waals surface area contributed by atoms with Gasteiger partial charge in [0, 0.05) is 13.1 Å². The molecule has 0 aromatic carbocycles. The standard InChI is InChI=1S/C16H18N2O3/c1-12-5-6-13(21-12)7-8-15(19)14(11-17)16(20)18-9-3-2-4-10-18/h5-8,14H,2-4,9-10H2,1H3/b8-7-/t14-/m0/s1. The molecular formula is C16H18N2O3. The van der Waals surface area contributed by atoms with E-state index in [1.54, 1.807) is 24.0 Å². The molecule has 1 aromatic heterocycles. The summed E-state index contributed by atoms with van der Waals surface area (Å²) < 4.78 is 5.31. The van der Waals surface area contributed by atoms with E-state index in [1.165, 1.54) is 12.2 Å². The van der Waals surface area contributed by atoms with Crippen molar-refractivity contribution in [2.75, 3.05) is 13.1 Å². The Balaban J connectivity index is 2.02. The van der Waals surface area contributed by atoms with Gasteiger partial charge >= 0.3 is 0 Å². The number of amides is 1. The van der Waals surface area contributed by atoms with E-state index in [2.05, 4.69) is 0 Å². The van der Waals surface area contributed by atoms with Gasteiger partial charge in [0.05, 0.1) is 6.07 Å².